The van der Waals surface area contributed by atoms with Crippen molar-refractivity contribution < 1.29 is 4.79 Å². The second-order valence-electron chi connectivity index (χ2n) is 4.94. The molecule has 1 aromatic heterocycles. The largest absolute Gasteiger partial charge is 0.357 e. The van der Waals surface area contributed by atoms with Crippen LogP contribution in [0.1, 0.15) is 44.7 Å². The minimum atomic E-state index is 0.190. The van der Waals surface area contributed by atoms with Gasteiger partial charge in [-0.15, -0.1) is 0 Å². The molecule has 1 atom stereocenters. The molecule has 2 heterocycles. The van der Waals surface area contributed by atoms with Crippen LogP contribution in [0.15, 0.2) is 18.3 Å². The number of nitrogens with zero attached hydrogens (tertiary/aromatic N) is 3. The van der Waals surface area contributed by atoms with Gasteiger partial charge in [-0.25, -0.2) is 4.98 Å². The molecule has 0 aliphatic carbocycles. The van der Waals surface area contributed by atoms with Crippen LogP contribution in [0.2, 0.25) is 0 Å². The molecule has 1 aromatic rings. The van der Waals surface area contributed by atoms with Crippen LogP contribution in [0.5, 0.6) is 0 Å². The van der Waals surface area contributed by atoms with Crippen molar-refractivity contribution >= 4 is 12.2 Å². The average Bonchev–Trinajstić information content (AvgIpc) is 2.49. The molecule has 0 aromatic carbocycles. The van der Waals surface area contributed by atoms with Gasteiger partial charge in [0.1, 0.15) is 5.82 Å². The summed E-state index contributed by atoms with van der Waals surface area (Å²) < 4.78 is 0. The highest BCUT2D eigenvalue weighted by Gasteiger charge is 2.26. The van der Waals surface area contributed by atoms with Gasteiger partial charge in [0.05, 0.1) is 6.04 Å². The molecule has 2 rings (SSSR count). The lowest BCUT2D eigenvalue weighted by Gasteiger charge is -2.35. The molecule has 0 spiro atoms. The number of piperidine rings is 1. The van der Waals surface area contributed by atoms with Gasteiger partial charge >= 0.3 is 0 Å². The topological polar surface area (TPSA) is 36.4 Å². The Kier molecular flexibility index (Phi) is 4.77. The minimum Gasteiger partial charge on any atom is -0.357 e. The Morgan fingerprint density at radius 3 is 2.89 bits per heavy atom. The summed E-state index contributed by atoms with van der Waals surface area (Å²) in [5, 5.41) is 0. The van der Waals surface area contributed by atoms with E-state index in [-0.39, 0.29) is 6.04 Å². The number of carbonyl (C=O) groups is 1. The van der Waals surface area contributed by atoms with Gasteiger partial charge in [-0.3, -0.25) is 4.79 Å². The zero-order chi connectivity index (χ0) is 13.7. The van der Waals surface area contributed by atoms with Crippen LogP contribution in [0.4, 0.5) is 5.82 Å². The van der Waals surface area contributed by atoms with E-state index in [0.29, 0.717) is 0 Å². The van der Waals surface area contributed by atoms with Crippen LogP contribution in [0.3, 0.4) is 0 Å². The molecule has 0 N–H and O–H groups in total. The fraction of sp³-hybridized carbons (Fsp3) is 0.600. The average molecular weight is 261 g/mol. The van der Waals surface area contributed by atoms with Crippen LogP contribution >= 0.6 is 0 Å². The smallest absolute Gasteiger partial charge is 0.210 e. The fourth-order valence-electron chi connectivity index (χ4n) is 2.87. The molecule has 104 valence electrons. The standard InChI is InChI=1S/C15H23N3O/c1-3-17(4-2)15-13(8-7-10-16-15)14-9-5-6-11-18(14)12-19/h7-8,10,12,14H,3-6,9,11H2,1-2H3/t14-/m1/s1. The second-order valence-corrected chi connectivity index (χ2v) is 4.94. The lowest BCUT2D eigenvalue weighted by atomic mass is 9.96. The van der Waals surface area contributed by atoms with Crippen molar-refractivity contribution in [3.05, 3.63) is 23.9 Å². The Balaban J connectivity index is 2.34. The predicted octanol–water partition coefficient (Wildman–Crippen LogP) is 2.61. The third kappa shape index (κ3) is 2.88. The highest BCUT2D eigenvalue weighted by atomic mass is 16.1. The summed E-state index contributed by atoms with van der Waals surface area (Å²) in [6, 6.07) is 4.28. The van der Waals surface area contributed by atoms with Gasteiger partial charge < -0.3 is 9.80 Å². The van der Waals surface area contributed by atoms with Gasteiger partial charge in [-0.1, -0.05) is 6.07 Å². The van der Waals surface area contributed by atoms with Crippen molar-refractivity contribution in [2.24, 2.45) is 0 Å². The van der Waals surface area contributed by atoms with Crippen LogP contribution in [0.25, 0.3) is 0 Å². The van der Waals surface area contributed by atoms with Crippen molar-refractivity contribution in [2.45, 2.75) is 39.2 Å². The van der Waals surface area contributed by atoms with E-state index >= 15 is 0 Å². The summed E-state index contributed by atoms with van der Waals surface area (Å²) in [6.07, 6.45) is 6.16. The maximum Gasteiger partial charge on any atom is 0.210 e. The number of aromatic nitrogens is 1. The third-order valence-corrected chi connectivity index (χ3v) is 3.92. The summed E-state index contributed by atoms with van der Waals surface area (Å²) in [6.45, 7) is 7.02. The molecule has 1 aliphatic rings. The Bertz CT molecular complexity index is 418. The first kappa shape index (κ1) is 13.8. The first-order valence-corrected chi connectivity index (χ1v) is 7.22. The number of amides is 1. The zero-order valence-electron chi connectivity index (χ0n) is 11.9. The number of pyridine rings is 1. The van der Waals surface area contributed by atoms with Crippen molar-refractivity contribution in [1.82, 2.24) is 9.88 Å². The molecule has 1 fully saturated rings. The van der Waals surface area contributed by atoms with Crippen molar-refractivity contribution in [1.29, 1.82) is 0 Å². The van der Waals surface area contributed by atoms with Crippen molar-refractivity contribution in [2.75, 3.05) is 24.5 Å². The van der Waals surface area contributed by atoms with Crippen LogP contribution < -0.4 is 4.90 Å². The predicted molar refractivity (Wildman–Crippen MR) is 77.2 cm³/mol. The van der Waals surface area contributed by atoms with Crippen molar-refractivity contribution in [3.63, 3.8) is 0 Å². The van der Waals surface area contributed by atoms with Gasteiger partial charge in [-0.2, -0.15) is 0 Å². The number of carbonyl (C=O) groups excluding carboxylic acids is 1. The molecule has 0 unspecified atom stereocenters. The first-order chi connectivity index (χ1) is 9.31. The Morgan fingerprint density at radius 2 is 2.21 bits per heavy atom. The van der Waals surface area contributed by atoms with Gasteiger partial charge in [0, 0.05) is 31.4 Å². The molecular weight excluding hydrogens is 238 g/mol. The molecule has 1 aliphatic heterocycles. The van der Waals surface area contributed by atoms with Crippen LogP contribution in [0, 0.1) is 0 Å². The fourth-order valence-corrected chi connectivity index (χ4v) is 2.87. The normalized spacial score (nSPS) is 19.3. The summed E-state index contributed by atoms with van der Waals surface area (Å²) in [5.41, 5.74) is 1.19. The molecule has 4 nitrogen and oxygen atoms in total. The molecule has 0 saturated carbocycles. The van der Waals surface area contributed by atoms with Gasteiger partial charge in [0.2, 0.25) is 6.41 Å². The van der Waals surface area contributed by atoms with Crippen LogP contribution in [-0.4, -0.2) is 35.9 Å². The Labute approximate surface area is 115 Å². The third-order valence-electron chi connectivity index (χ3n) is 3.92. The van der Waals surface area contributed by atoms with E-state index in [0.717, 1.165) is 44.7 Å². The van der Waals surface area contributed by atoms with E-state index < -0.39 is 0 Å². The molecule has 0 bridgehead atoms. The maximum absolute atomic E-state index is 11.3. The van der Waals surface area contributed by atoms with Crippen LogP contribution in [-0.2, 0) is 4.79 Å². The van der Waals surface area contributed by atoms with E-state index in [2.05, 4.69) is 29.8 Å². The molecule has 1 amide bonds. The summed E-state index contributed by atoms with van der Waals surface area (Å²) in [4.78, 5) is 20.0. The van der Waals surface area contributed by atoms with E-state index in [1.165, 1.54) is 12.0 Å². The van der Waals surface area contributed by atoms with E-state index in [1.54, 1.807) is 0 Å². The quantitative estimate of drug-likeness (QED) is 0.764. The number of rotatable bonds is 5. The summed E-state index contributed by atoms with van der Waals surface area (Å²) >= 11 is 0. The summed E-state index contributed by atoms with van der Waals surface area (Å²) in [7, 11) is 0. The molecule has 19 heavy (non-hydrogen) atoms. The number of hydrogen-bond donors (Lipinski definition) is 0. The highest BCUT2D eigenvalue weighted by Crippen LogP contribution is 2.34. The SMILES string of the molecule is CCN(CC)c1ncccc1[C@H]1CCCCN1C=O. The summed E-state index contributed by atoms with van der Waals surface area (Å²) in [5.74, 6) is 1.03. The van der Waals surface area contributed by atoms with Gasteiger partial charge in [0.25, 0.3) is 0 Å². The number of anilines is 1. The maximum atomic E-state index is 11.3. The molecular formula is C15H23N3O. The number of hydrogen-bond acceptors (Lipinski definition) is 3. The minimum absolute atomic E-state index is 0.190. The second kappa shape index (κ2) is 6.55. The van der Waals surface area contributed by atoms with Gasteiger partial charge in [0.15, 0.2) is 0 Å². The molecule has 0 radical (unpaired) electrons. The lowest BCUT2D eigenvalue weighted by molar-refractivity contribution is -0.121. The monoisotopic (exact) mass is 261 g/mol. The molecule has 4 heteroatoms. The Hall–Kier alpha value is -1.58. The highest BCUT2D eigenvalue weighted by molar-refractivity contribution is 5.54. The van der Waals surface area contributed by atoms with Crippen molar-refractivity contribution in [3.8, 4) is 0 Å². The van der Waals surface area contributed by atoms with Gasteiger partial charge in [-0.05, 0) is 39.2 Å². The van der Waals surface area contributed by atoms with E-state index in [1.807, 2.05) is 17.2 Å². The first-order valence-electron chi connectivity index (χ1n) is 7.22. The Morgan fingerprint density at radius 1 is 1.42 bits per heavy atom. The number of likely N-dealkylation sites (tertiary alicyclic amines) is 1. The van der Waals surface area contributed by atoms with E-state index in [9.17, 15) is 4.79 Å². The molecule has 1 saturated heterocycles. The van der Waals surface area contributed by atoms with E-state index in [4.69, 9.17) is 0 Å². The lowest BCUT2D eigenvalue weighted by Crippen LogP contribution is -2.34. The zero-order valence-corrected chi connectivity index (χ0v) is 11.9.